The molecule has 2 heterocycles. The molecule has 0 saturated carbocycles. The Hall–Kier alpha value is -2.61. The average molecular weight is 764 g/mol. The lowest BCUT2D eigenvalue weighted by atomic mass is 9.85. The Labute approximate surface area is 320 Å². The number of rotatable bonds is 16. The number of aliphatic hydroxyl groups is 4. The van der Waals surface area contributed by atoms with Crippen LogP contribution in [0.15, 0.2) is 60.2 Å². The summed E-state index contributed by atoms with van der Waals surface area (Å²) in [6, 6.07) is 7.04. The second-order valence-corrected chi connectivity index (χ2v) is 15.6. The van der Waals surface area contributed by atoms with Gasteiger partial charge >= 0.3 is 11.9 Å². The van der Waals surface area contributed by atoms with Crippen LogP contribution in [0.2, 0.25) is 5.02 Å². The van der Waals surface area contributed by atoms with E-state index >= 15 is 0 Å². The van der Waals surface area contributed by atoms with E-state index in [1.54, 1.807) is 44.4 Å². The molecule has 4 N–H and O–H groups in total. The van der Waals surface area contributed by atoms with Gasteiger partial charge in [-0.05, 0) is 75.8 Å². The fourth-order valence-corrected chi connectivity index (χ4v) is 7.45. The van der Waals surface area contributed by atoms with Gasteiger partial charge in [-0.3, -0.25) is 14.5 Å². The molecule has 11 nitrogen and oxygen atoms in total. The van der Waals surface area contributed by atoms with E-state index < -0.39 is 53.4 Å². The monoisotopic (exact) mass is 763 g/mol. The van der Waals surface area contributed by atoms with Crippen molar-refractivity contribution in [1.29, 1.82) is 0 Å². The maximum atomic E-state index is 13.0. The summed E-state index contributed by atoms with van der Waals surface area (Å²) in [7, 11) is 1.70. The number of allylic oxidation sites excluding steroid dienone is 2. The molecule has 3 rings (SSSR count). The highest BCUT2D eigenvalue weighted by atomic mass is 35.5. The van der Waals surface area contributed by atoms with Crippen molar-refractivity contribution in [2.45, 2.75) is 141 Å². The third-order valence-electron chi connectivity index (χ3n) is 10.4. The summed E-state index contributed by atoms with van der Waals surface area (Å²) in [6.45, 7) is 13.3. The van der Waals surface area contributed by atoms with Crippen molar-refractivity contribution in [1.82, 2.24) is 4.90 Å². The number of aliphatic hydroxyl groups excluding tert-OH is 2. The van der Waals surface area contributed by atoms with Crippen molar-refractivity contribution in [2.75, 3.05) is 20.3 Å². The second kappa shape index (κ2) is 20.3. The van der Waals surface area contributed by atoms with Crippen LogP contribution >= 0.6 is 11.6 Å². The maximum absolute atomic E-state index is 13.0. The maximum Gasteiger partial charge on any atom is 0.309 e. The summed E-state index contributed by atoms with van der Waals surface area (Å²) >= 11 is 6.18. The number of ether oxygens (including phenoxy) is 4. The second-order valence-electron chi connectivity index (χ2n) is 15.2. The van der Waals surface area contributed by atoms with E-state index in [1.807, 2.05) is 38.1 Å². The van der Waals surface area contributed by atoms with Crippen LogP contribution in [0.3, 0.4) is 0 Å². The molecule has 1 fully saturated rings. The highest BCUT2D eigenvalue weighted by Crippen LogP contribution is 2.41. The number of epoxide rings is 1. The van der Waals surface area contributed by atoms with Gasteiger partial charge in [0.15, 0.2) is 0 Å². The van der Waals surface area contributed by atoms with E-state index in [0.29, 0.717) is 30.1 Å². The van der Waals surface area contributed by atoms with E-state index in [1.165, 1.54) is 13.8 Å². The zero-order valence-electron chi connectivity index (χ0n) is 32.6. The van der Waals surface area contributed by atoms with Gasteiger partial charge in [-0.15, -0.1) is 0 Å². The number of hydrogen-bond donors (Lipinski definition) is 4. The first-order valence-electron chi connectivity index (χ1n) is 18.7. The highest BCUT2D eigenvalue weighted by Gasteiger charge is 2.56. The number of cyclic esters (lactones) is 1. The van der Waals surface area contributed by atoms with Gasteiger partial charge in [-0.2, -0.15) is 0 Å². The zero-order valence-corrected chi connectivity index (χ0v) is 33.4. The number of methoxy groups -OCH3 is 1. The third kappa shape index (κ3) is 13.3. The summed E-state index contributed by atoms with van der Waals surface area (Å²) < 4.78 is 23.4. The molecule has 2 aliphatic rings. The van der Waals surface area contributed by atoms with Gasteiger partial charge in [-0.25, -0.2) is 0 Å². The molecule has 0 amide bonds. The molecule has 0 bridgehead atoms. The van der Waals surface area contributed by atoms with Gasteiger partial charge in [-0.1, -0.05) is 68.8 Å². The first kappa shape index (κ1) is 44.8. The number of benzene rings is 1. The molecular formula is C41H62ClNO10. The van der Waals surface area contributed by atoms with Gasteiger partial charge in [0, 0.05) is 50.6 Å². The fraction of sp³-hybridized carbons (Fsp3) is 0.659. The minimum absolute atomic E-state index is 0.0138. The van der Waals surface area contributed by atoms with Crippen molar-refractivity contribution in [3.63, 3.8) is 0 Å². The first-order valence-corrected chi connectivity index (χ1v) is 19.1. The van der Waals surface area contributed by atoms with E-state index in [0.717, 1.165) is 12.0 Å². The Bertz CT molecular complexity index is 1410. The molecule has 0 radical (unpaired) electrons. The molecule has 1 aromatic rings. The predicted octanol–water partition coefficient (Wildman–Crippen LogP) is 5.31. The van der Waals surface area contributed by atoms with Gasteiger partial charge in [0.2, 0.25) is 0 Å². The summed E-state index contributed by atoms with van der Waals surface area (Å²) in [5.74, 6) is -1.48. The lowest BCUT2D eigenvalue weighted by Crippen LogP contribution is -2.54. The van der Waals surface area contributed by atoms with Crippen molar-refractivity contribution < 1.29 is 49.0 Å². The van der Waals surface area contributed by atoms with Crippen LogP contribution in [-0.4, -0.2) is 111 Å². The average Bonchev–Trinajstić information content (AvgIpc) is 3.87. The third-order valence-corrected chi connectivity index (χ3v) is 10.7. The summed E-state index contributed by atoms with van der Waals surface area (Å²) in [4.78, 5) is 27.0. The molecule has 53 heavy (non-hydrogen) atoms. The van der Waals surface area contributed by atoms with Crippen LogP contribution in [0.4, 0.5) is 0 Å². The van der Waals surface area contributed by atoms with Crippen LogP contribution in [-0.2, 0) is 35.1 Å². The van der Waals surface area contributed by atoms with Gasteiger partial charge in [0.1, 0.15) is 23.9 Å². The molecule has 0 spiro atoms. The Kier molecular flexibility index (Phi) is 17.2. The van der Waals surface area contributed by atoms with Crippen LogP contribution in [0.5, 0.6) is 0 Å². The van der Waals surface area contributed by atoms with Crippen molar-refractivity contribution in [3.8, 4) is 0 Å². The van der Waals surface area contributed by atoms with E-state index in [-0.39, 0.29) is 50.1 Å². The topological polar surface area (TPSA) is 159 Å². The first-order chi connectivity index (χ1) is 24.9. The van der Waals surface area contributed by atoms with Crippen LogP contribution in [0, 0.1) is 11.8 Å². The Morgan fingerprint density at radius 1 is 1.21 bits per heavy atom. The van der Waals surface area contributed by atoms with Gasteiger partial charge < -0.3 is 39.4 Å². The number of hydrogen-bond acceptors (Lipinski definition) is 11. The molecule has 298 valence electrons. The van der Waals surface area contributed by atoms with Gasteiger partial charge in [0.05, 0.1) is 36.4 Å². The van der Waals surface area contributed by atoms with Crippen LogP contribution in [0.25, 0.3) is 0 Å². The van der Waals surface area contributed by atoms with Crippen molar-refractivity contribution >= 4 is 23.5 Å². The Morgan fingerprint density at radius 3 is 2.49 bits per heavy atom. The van der Waals surface area contributed by atoms with Gasteiger partial charge in [0.25, 0.3) is 0 Å². The summed E-state index contributed by atoms with van der Waals surface area (Å²) in [5.41, 5.74) is -1.23. The molecule has 11 atom stereocenters. The lowest BCUT2D eigenvalue weighted by molar-refractivity contribution is -0.157. The fourth-order valence-electron chi connectivity index (χ4n) is 7.32. The molecule has 1 aromatic carbocycles. The molecule has 0 aromatic heterocycles. The van der Waals surface area contributed by atoms with Crippen molar-refractivity contribution in [3.05, 3.63) is 70.8 Å². The van der Waals surface area contributed by atoms with Crippen LogP contribution < -0.4 is 0 Å². The number of halogens is 1. The molecule has 0 aliphatic carbocycles. The van der Waals surface area contributed by atoms with Crippen LogP contribution in [0.1, 0.15) is 86.1 Å². The van der Waals surface area contributed by atoms with E-state index in [2.05, 4.69) is 18.7 Å². The number of nitrogens with zero attached hydrogens (tertiary/aromatic N) is 1. The molecule has 1 saturated heterocycles. The predicted molar refractivity (Wildman–Crippen MR) is 204 cm³/mol. The smallest absolute Gasteiger partial charge is 0.309 e. The summed E-state index contributed by atoms with van der Waals surface area (Å²) in [6.07, 6.45) is 6.53. The number of carbonyl (C=O) groups is 2. The lowest BCUT2D eigenvalue weighted by Gasteiger charge is -2.39. The molecular weight excluding hydrogens is 702 g/mol. The molecule has 12 heteroatoms. The standard InChI is InChI=1S/C41H62ClNO10/c1-9-33(50-8)28(4)37-38(53-37)39(43(22-11-23-44)25-30-14-16-31(42)17-15-30)41(7,49)20-10-12-26(2)36-27(3)13-18-34(51-29(5)45)40(6,48)21-19-32(46)24-35(47)52-36/h10,12-18,20,27-28,32-34,36-39,44,46,48-49H,9,11,19,21-25H2,1-8H3/t27-,28+,32+,33-,34-,36+,37?,38-,39?,40+,41?/m0/s1. The minimum Gasteiger partial charge on any atom is -0.457 e. The number of carbonyl (C=O) groups excluding carboxylic acids is 2. The normalized spacial score (nSPS) is 30.2. The zero-order chi connectivity index (χ0) is 39.5. The molecule has 2 aliphatic heterocycles. The molecule has 3 unspecified atom stereocenters. The van der Waals surface area contributed by atoms with Crippen molar-refractivity contribution in [2.24, 2.45) is 11.8 Å². The SMILES string of the molecule is CC[C@H](OC)[C@@H](C)C1O[C@@H]1C(N(CCCO)Cc1ccc(Cl)cc1)C(C)(O)C=CC=C(C)[C@H]1OC(=O)C[C@H](O)CC[C@@](C)(O)[C@@H](OC(C)=O)C=C[C@@H]1C. The quantitative estimate of drug-likeness (QED) is 0.0749. The van der Waals surface area contributed by atoms with E-state index in [4.69, 9.17) is 30.5 Å². The Balaban J connectivity index is 1.98. The highest BCUT2D eigenvalue weighted by molar-refractivity contribution is 6.30. The number of esters is 2. The summed E-state index contributed by atoms with van der Waals surface area (Å²) in [5, 5.41) is 44.4. The largest absolute Gasteiger partial charge is 0.457 e. The Morgan fingerprint density at radius 2 is 1.89 bits per heavy atom. The minimum atomic E-state index is -1.47. The van der Waals surface area contributed by atoms with E-state index in [9.17, 15) is 30.0 Å².